The molecule has 2 aromatic carbocycles. The number of ether oxygens (including phenoxy) is 2. The molecule has 0 aromatic heterocycles. The molecular formula is C20H26N2O3. The summed E-state index contributed by atoms with van der Waals surface area (Å²) >= 11 is 0. The quantitative estimate of drug-likeness (QED) is 0.761. The molecule has 134 valence electrons. The third-order valence-electron chi connectivity index (χ3n) is 3.94. The zero-order chi connectivity index (χ0) is 18.1. The van der Waals surface area contributed by atoms with E-state index in [1.807, 2.05) is 62.5 Å². The fourth-order valence-corrected chi connectivity index (χ4v) is 2.46. The molecule has 0 fully saturated rings. The Labute approximate surface area is 149 Å². The summed E-state index contributed by atoms with van der Waals surface area (Å²) in [6, 6.07) is 17.4. The zero-order valence-electron chi connectivity index (χ0n) is 15.1. The van der Waals surface area contributed by atoms with Gasteiger partial charge in [-0.15, -0.1) is 0 Å². The van der Waals surface area contributed by atoms with E-state index in [1.54, 1.807) is 13.2 Å². The van der Waals surface area contributed by atoms with E-state index in [1.165, 1.54) is 0 Å². The van der Waals surface area contributed by atoms with Crippen LogP contribution in [-0.2, 0) is 4.79 Å². The summed E-state index contributed by atoms with van der Waals surface area (Å²) < 4.78 is 11.1. The highest BCUT2D eigenvalue weighted by molar-refractivity contribution is 5.81. The van der Waals surface area contributed by atoms with Crippen molar-refractivity contribution in [3.05, 3.63) is 54.6 Å². The van der Waals surface area contributed by atoms with Crippen LogP contribution in [0.25, 0.3) is 0 Å². The first-order valence-corrected chi connectivity index (χ1v) is 8.49. The van der Waals surface area contributed by atoms with E-state index in [2.05, 4.69) is 10.2 Å². The summed E-state index contributed by atoms with van der Waals surface area (Å²) in [4.78, 5) is 14.5. The first-order valence-electron chi connectivity index (χ1n) is 8.49. The molecule has 1 N–H and O–H groups in total. The average Bonchev–Trinajstić information content (AvgIpc) is 2.66. The first-order chi connectivity index (χ1) is 12.2. The number of hydrogen-bond acceptors (Lipinski definition) is 4. The maximum atomic E-state index is 12.4. The molecular weight excluding hydrogens is 316 g/mol. The van der Waals surface area contributed by atoms with Crippen LogP contribution >= 0.6 is 0 Å². The highest BCUT2D eigenvalue weighted by Crippen LogP contribution is 2.27. The number of anilines is 1. The second-order valence-electron chi connectivity index (χ2n) is 5.71. The maximum absolute atomic E-state index is 12.4. The number of hydrogen-bond donors (Lipinski definition) is 1. The summed E-state index contributed by atoms with van der Waals surface area (Å²) in [5, 5.41) is 2.95. The lowest BCUT2D eigenvalue weighted by Crippen LogP contribution is -2.41. The van der Waals surface area contributed by atoms with Crippen LogP contribution in [0.3, 0.4) is 0 Å². The number of nitrogens with zero attached hydrogens (tertiary/aromatic N) is 1. The Morgan fingerprint density at radius 2 is 1.72 bits per heavy atom. The van der Waals surface area contributed by atoms with Crippen LogP contribution < -0.4 is 19.7 Å². The van der Waals surface area contributed by atoms with E-state index in [0.29, 0.717) is 24.5 Å². The molecule has 0 aliphatic heterocycles. The van der Waals surface area contributed by atoms with Gasteiger partial charge in [0.15, 0.2) is 17.6 Å². The van der Waals surface area contributed by atoms with Gasteiger partial charge in [-0.25, -0.2) is 0 Å². The number of amides is 1. The summed E-state index contributed by atoms with van der Waals surface area (Å²) in [5.74, 6) is 1.08. The Morgan fingerprint density at radius 1 is 1.08 bits per heavy atom. The van der Waals surface area contributed by atoms with Gasteiger partial charge in [-0.3, -0.25) is 4.79 Å². The molecule has 0 radical (unpaired) electrons. The monoisotopic (exact) mass is 342 g/mol. The molecule has 2 rings (SSSR count). The predicted octanol–water partition coefficient (Wildman–Crippen LogP) is 3.11. The summed E-state index contributed by atoms with van der Waals surface area (Å²) in [7, 11) is 3.59. The molecule has 0 bridgehead atoms. The van der Waals surface area contributed by atoms with Gasteiger partial charge >= 0.3 is 0 Å². The molecule has 5 heteroatoms. The fraction of sp³-hybridized carbons (Fsp3) is 0.350. The van der Waals surface area contributed by atoms with Crippen molar-refractivity contribution < 1.29 is 14.3 Å². The molecule has 0 aliphatic carbocycles. The van der Waals surface area contributed by atoms with Gasteiger partial charge in [-0.1, -0.05) is 37.3 Å². The van der Waals surface area contributed by atoms with Crippen molar-refractivity contribution in [3.8, 4) is 11.5 Å². The van der Waals surface area contributed by atoms with Gasteiger partial charge in [0.05, 0.1) is 7.11 Å². The standard InChI is InChI=1S/C20H26N2O3/c1-4-17(25-19-13-9-8-12-18(19)24-3)20(23)21-14-15-22(2)16-10-6-5-7-11-16/h5-13,17H,4,14-15H2,1-3H3,(H,21,23)/t17-/m1/s1. The lowest BCUT2D eigenvalue weighted by molar-refractivity contribution is -0.128. The molecule has 0 spiro atoms. The van der Waals surface area contributed by atoms with Gasteiger partial charge < -0.3 is 19.7 Å². The average molecular weight is 342 g/mol. The van der Waals surface area contributed by atoms with Gasteiger partial charge in [0.25, 0.3) is 5.91 Å². The van der Waals surface area contributed by atoms with Crippen molar-refractivity contribution in [1.29, 1.82) is 0 Å². The summed E-state index contributed by atoms with van der Waals surface area (Å²) in [5.41, 5.74) is 1.12. The fourth-order valence-electron chi connectivity index (χ4n) is 2.46. The number of methoxy groups -OCH3 is 1. The molecule has 0 aliphatic rings. The topological polar surface area (TPSA) is 50.8 Å². The van der Waals surface area contributed by atoms with Gasteiger partial charge in [0.2, 0.25) is 0 Å². The van der Waals surface area contributed by atoms with Crippen molar-refractivity contribution >= 4 is 11.6 Å². The van der Waals surface area contributed by atoms with Gasteiger partial charge in [-0.2, -0.15) is 0 Å². The van der Waals surface area contributed by atoms with E-state index in [9.17, 15) is 4.79 Å². The number of benzene rings is 2. The number of rotatable bonds is 9. The van der Waals surface area contributed by atoms with E-state index in [-0.39, 0.29) is 5.91 Å². The van der Waals surface area contributed by atoms with Crippen LogP contribution in [0, 0.1) is 0 Å². The van der Waals surface area contributed by atoms with Crippen molar-refractivity contribution in [2.45, 2.75) is 19.4 Å². The number of para-hydroxylation sites is 3. The second-order valence-corrected chi connectivity index (χ2v) is 5.71. The van der Waals surface area contributed by atoms with E-state index in [4.69, 9.17) is 9.47 Å². The third-order valence-corrected chi connectivity index (χ3v) is 3.94. The summed E-state index contributed by atoms with van der Waals surface area (Å²) in [6.45, 7) is 3.20. The minimum atomic E-state index is -0.543. The molecule has 2 aromatic rings. The molecule has 0 heterocycles. The number of carbonyl (C=O) groups is 1. The molecule has 25 heavy (non-hydrogen) atoms. The lowest BCUT2D eigenvalue weighted by Gasteiger charge is -2.21. The SMILES string of the molecule is CC[C@@H](Oc1ccccc1OC)C(=O)NCCN(C)c1ccccc1. The van der Waals surface area contributed by atoms with Crippen molar-refractivity contribution in [3.63, 3.8) is 0 Å². The Balaban J connectivity index is 1.85. The summed E-state index contributed by atoms with van der Waals surface area (Å²) in [6.07, 6.45) is 0.0385. The predicted molar refractivity (Wildman–Crippen MR) is 100 cm³/mol. The van der Waals surface area contributed by atoms with Gasteiger partial charge in [0.1, 0.15) is 0 Å². The largest absolute Gasteiger partial charge is 0.493 e. The molecule has 1 amide bonds. The Kier molecular flexibility index (Phi) is 7.14. The smallest absolute Gasteiger partial charge is 0.261 e. The molecule has 1 atom stereocenters. The van der Waals surface area contributed by atoms with Crippen molar-refractivity contribution in [2.75, 3.05) is 32.1 Å². The minimum Gasteiger partial charge on any atom is -0.493 e. The van der Waals surface area contributed by atoms with Crippen LogP contribution in [-0.4, -0.2) is 39.3 Å². The molecule has 0 saturated carbocycles. The van der Waals surface area contributed by atoms with Crippen LogP contribution in [0.1, 0.15) is 13.3 Å². The van der Waals surface area contributed by atoms with Crippen molar-refractivity contribution in [1.82, 2.24) is 5.32 Å². The normalized spacial score (nSPS) is 11.5. The Hall–Kier alpha value is -2.69. The molecule has 5 nitrogen and oxygen atoms in total. The van der Waals surface area contributed by atoms with Crippen LogP contribution in [0.15, 0.2) is 54.6 Å². The Bertz CT molecular complexity index is 661. The lowest BCUT2D eigenvalue weighted by atomic mass is 10.2. The zero-order valence-corrected chi connectivity index (χ0v) is 15.1. The van der Waals surface area contributed by atoms with Gasteiger partial charge in [0, 0.05) is 25.8 Å². The number of likely N-dealkylation sites (N-methyl/N-ethyl adjacent to an activating group) is 1. The van der Waals surface area contributed by atoms with E-state index >= 15 is 0 Å². The van der Waals surface area contributed by atoms with Crippen LogP contribution in [0.5, 0.6) is 11.5 Å². The van der Waals surface area contributed by atoms with Crippen molar-refractivity contribution in [2.24, 2.45) is 0 Å². The number of carbonyl (C=O) groups excluding carboxylic acids is 1. The Morgan fingerprint density at radius 3 is 2.36 bits per heavy atom. The van der Waals surface area contributed by atoms with E-state index in [0.717, 1.165) is 12.2 Å². The second kappa shape index (κ2) is 9.57. The molecule has 0 saturated heterocycles. The maximum Gasteiger partial charge on any atom is 0.261 e. The highest BCUT2D eigenvalue weighted by atomic mass is 16.5. The first kappa shape index (κ1) is 18.6. The van der Waals surface area contributed by atoms with Crippen LogP contribution in [0.2, 0.25) is 0 Å². The third kappa shape index (κ3) is 5.41. The van der Waals surface area contributed by atoms with Crippen LogP contribution in [0.4, 0.5) is 5.69 Å². The van der Waals surface area contributed by atoms with Gasteiger partial charge in [-0.05, 0) is 30.7 Å². The van der Waals surface area contributed by atoms with E-state index < -0.39 is 6.10 Å². The molecule has 0 unspecified atom stereocenters. The minimum absolute atomic E-state index is 0.116. The highest BCUT2D eigenvalue weighted by Gasteiger charge is 2.19. The number of nitrogens with one attached hydrogen (secondary N) is 1.